The van der Waals surface area contributed by atoms with Crippen molar-refractivity contribution in [2.75, 3.05) is 18.1 Å². The molecule has 0 aliphatic carbocycles. The zero-order chi connectivity index (χ0) is 18.4. The second-order valence-corrected chi connectivity index (χ2v) is 8.14. The second-order valence-electron chi connectivity index (χ2n) is 6.07. The van der Waals surface area contributed by atoms with Gasteiger partial charge in [-0.1, -0.05) is 36.4 Å². The molecule has 2 heterocycles. The number of amides is 1. The van der Waals surface area contributed by atoms with Crippen molar-refractivity contribution in [2.24, 2.45) is 0 Å². The van der Waals surface area contributed by atoms with Crippen LogP contribution in [0.1, 0.15) is 19.4 Å². The maximum atomic E-state index is 13.4. The Morgan fingerprint density at radius 2 is 1.65 bits per heavy atom. The van der Waals surface area contributed by atoms with E-state index >= 15 is 0 Å². The van der Waals surface area contributed by atoms with Crippen LogP contribution < -0.4 is 4.90 Å². The van der Waals surface area contributed by atoms with Gasteiger partial charge < -0.3 is 13.8 Å². The smallest absolute Gasteiger partial charge is 0.337 e. The maximum Gasteiger partial charge on any atom is 0.363 e. The van der Waals surface area contributed by atoms with Crippen molar-refractivity contribution in [2.45, 2.75) is 25.3 Å². The quantitative estimate of drug-likeness (QED) is 0.561. The predicted molar refractivity (Wildman–Crippen MR) is 97.4 cm³/mol. The summed E-state index contributed by atoms with van der Waals surface area (Å²) in [7, 11) is -3.58. The molecule has 6 nitrogen and oxygen atoms in total. The Morgan fingerprint density at radius 3 is 2.31 bits per heavy atom. The summed E-state index contributed by atoms with van der Waals surface area (Å²) in [5.74, 6) is -1.20. The largest absolute Gasteiger partial charge is 0.363 e. The lowest BCUT2D eigenvalue weighted by Crippen LogP contribution is -2.31. The Bertz CT molecular complexity index is 877. The number of ether oxygens (including phenoxy) is 1. The molecule has 7 heteroatoms. The fraction of sp³-hybridized carbons (Fsp3) is 0.316. The Labute approximate surface area is 152 Å². The molecule has 1 fully saturated rings. The maximum absolute atomic E-state index is 13.4. The van der Waals surface area contributed by atoms with Crippen LogP contribution in [-0.2, 0) is 28.7 Å². The molecule has 0 unspecified atom stereocenters. The standard InChI is InChI=1S/C19H20NO5P/c1-3-23-26(22,24-4-2)18-19(25-18)15-12-8-9-13-16(15)20(17(19)21)14-10-6-5-7-11-14/h5-13,18H,3-4H2,1-2H3/t18-,19-/m0/s1. The van der Waals surface area contributed by atoms with Crippen LogP contribution in [0.2, 0.25) is 0 Å². The number of nitrogens with zero attached hydrogens (tertiary/aromatic N) is 1. The number of epoxide rings is 1. The van der Waals surface area contributed by atoms with Crippen LogP contribution in [0.25, 0.3) is 0 Å². The Morgan fingerprint density at radius 1 is 1.04 bits per heavy atom. The van der Waals surface area contributed by atoms with Gasteiger partial charge in [-0.2, -0.15) is 0 Å². The monoisotopic (exact) mass is 373 g/mol. The summed E-state index contributed by atoms with van der Waals surface area (Å²) in [4.78, 5) is 15.0. The highest BCUT2D eigenvalue weighted by Crippen LogP contribution is 2.72. The van der Waals surface area contributed by atoms with Gasteiger partial charge in [0.25, 0.3) is 5.91 Å². The van der Waals surface area contributed by atoms with E-state index in [0.717, 1.165) is 11.4 Å². The number of benzene rings is 2. The third-order valence-corrected chi connectivity index (χ3v) is 6.85. The zero-order valence-electron chi connectivity index (χ0n) is 14.6. The molecule has 1 spiro atoms. The first kappa shape index (κ1) is 17.4. The normalized spacial score (nSPS) is 24.2. The van der Waals surface area contributed by atoms with E-state index in [-0.39, 0.29) is 19.1 Å². The first-order valence-corrected chi connectivity index (χ1v) is 10.3. The van der Waals surface area contributed by atoms with Crippen molar-refractivity contribution in [1.29, 1.82) is 0 Å². The number of para-hydroxylation sites is 2. The van der Waals surface area contributed by atoms with Gasteiger partial charge in [-0.25, -0.2) is 0 Å². The number of carbonyl (C=O) groups excluding carboxylic acids is 1. The van der Waals surface area contributed by atoms with Crippen LogP contribution in [0.3, 0.4) is 0 Å². The molecule has 0 saturated carbocycles. The van der Waals surface area contributed by atoms with Crippen LogP contribution in [0.15, 0.2) is 54.6 Å². The summed E-state index contributed by atoms with van der Waals surface area (Å²) in [6.45, 7) is 3.90. The van der Waals surface area contributed by atoms with Gasteiger partial charge in [-0.15, -0.1) is 0 Å². The number of hydrogen-bond acceptors (Lipinski definition) is 5. The summed E-state index contributed by atoms with van der Waals surface area (Å²) in [6.07, 6.45) is 0. The molecule has 2 aromatic rings. The van der Waals surface area contributed by atoms with E-state index in [1.54, 1.807) is 18.7 Å². The fourth-order valence-electron chi connectivity index (χ4n) is 3.52. The van der Waals surface area contributed by atoms with Gasteiger partial charge in [0.1, 0.15) is 0 Å². The van der Waals surface area contributed by atoms with Crippen LogP contribution in [0.5, 0.6) is 0 Å². The third-order valence-electron chi connectivity index (χ3n) is 4.57. The molecule has 136 valence electrons. The highest BCUT2D eigenvalue weighted by molar-refractivity contribution is 7.55. The summed E-state index contributed by atoms with van der Waals surface area (Å²) in [5, 5.41) is 0. The molecule has 0 bridgehead atoms. The summed E-state index contributed by atoms with van der Waals surface area (Å²) in [5.41, 5.74) is 0.842. The zero-order valence-corrected chi connectivity index (χ0v) is 15.5. The van der Waals surface area contributed by atoms with Gasteiger partial charge in [0, 0.05) is 11.3 Å². The topological polar surface area (TPSA) is 68.4 Å². The summed E-state index contributed by atoms with van der Waals surface area (Å²) >= 11 is 0. The number of rotatable bonds is 6. The van der Waals surface area contributed by atoms with Gasteiger partial charge in [-0.3, -0.25) is 14.3 Å². The molecular weight excluding hydrogens is 353 g/mol. The van der Waals surface area contributed by atoms with Crippen LogP contribution in [0.4, 0.5) is 11.4 Å². The number of hydrogen-bond donors (Lipinski definition) is 0. The molecule has 1 amide bonds. The average molecular weight is 373 g/mol. The highest BCUT2D eigenvalue weighted by atomic mass is 31.2. The van der Waals surface area contributed by atoms with Crippen molar-refractivity contribution in [3.63, 3.8) is 0 Å². The molecule has 2 aromatic carbocycles. The average Bonchev–Trinajstić information content (AvgIpc) is 3.36. The Balaban J connectivity index is 1.80. The van der Waals surface area contributed by atoms with Gasteiger partial charge in [0.2, 0.25) is 11.4 Å². The van der Waals surface area contributed by atoms with Crippen LogP contribution >= 0.6 is 7.60 Å². The molecule has 0 radical (unpaired) electrons. The summed E-state index contributed by atoms with van der Waals surface area (Å²) < 4.78 is 29.9. The van der Waals surface area contributed by atoms with E-state index in [0.29, 0.717) is 5.56 Å². The number of fused-ring (bicyclic) bond motifs is 2. The molecule has 2 atom stereocenters. The molecular formula is C19H20NO5P. The van der Waals surface area contributed by atoms with E-state index in [9.17, 15) is 9.36 Å². The lowest BCUT2D eigenvalue weighted by atomic mass is 10.0. The molecule has 0 N–H and O–H groups in total. The minimum atomic E-state index is -3.58. The minimum absolute atomic E-state index is 0.214. The molecule has 2 aliphatic rings. The molecule has 26 heavy (non-hydrogen) atoms. The first-order chi connectivity index (χ1) is 12.6. The molecule has 0 aromatic heterocycles. The van der Waals surface area contributed by atoms with E-state index < -0.39 is 19.0 Å². The van der Waals surface area contributed by atoms with Crippen molar-refractivity contribution >= 4 is 24.9 Å². The van der Waals surface area contributed by atoms with Crippen molar-refractivity contribution in [3.8, 4) is 0 Å². The SMILES string of the molecule is CCOP(=O)(OCC)[C@@H]1O[C@@]12C(=O)N(c1ccccc1)c1ccccc12. The van der Waals surface area contributed by atoms with E-state index in [1.807, 2.05) is 54.6 Å². The van der Waals surface area contributed by atoms with E-state index in [2.05, 4.69) is 0 Å². The third kappa shape index (κ3) is 2.37. The lowest BCUT2D eigenvalue weighted by Gasteiger charge is -2.18. The first-order valence-electron chi connectivity index (χ1n) is 8.64. The van der Waals surface area contributed by atoms with Crippen LogP contribution in [0, 0.1) is 0 Å². The predicted octanol–water partition coefficient (Wildman–Crippen LogP) is 4.18. The molecule has 1 saturated heterocycles. The second kappa shape index (κ2) is 6.32. The van der Waals surface area contributed by atoms with Crippen molar-refractivity contribution < 1.29 is 23.1 Å². The highest BCUT2D eigenvalue weighted by Gasteiger charge is 2.76. The van der Waals surface area contributed by atoms with E-state index in [1.165, 1.54) is 0 Å². The molecule has 4 rings (SSSR count). The summed E-state index contributed by atoms with van der Waals surface area (Å²) in [6, 6.07) is 16.7. The van der Waals surface area contributed by atoms with Crippen LogP contribution in [-0.4, -0.2) is 25.0 Å². The van der Waals surface area contributed by atoms with Gasteiger partial charge in [-0.05, 0) is 32.0 Å². The van der Waals surface area contributed by atoms with Gasteiger partial charge in [0.15, 0.2) is 0 Å². The van der Waals surface area contributed by atoms with E-state index in [4.69, 9.17) is 13.8 Å². The lowest BCUT2D eigenvalue weighted by molar-refractivity contribution is -0.122. The fourth-order valence-corrected chi connectivity index (χ4v) is 5.58. The Kier molecular flexibility index (Phi) is 4.24. The van der Waals surface area contributed by atoms with Gasteiger partial charge in [0.05, 0.1) is 18.9 Å². The molecule has 2 aliphatic heterocycles. The van der Waals surface area contributed by atoms with Gasteiger partial charge >= 0.3 is 7.60 Å². The number of anilines is 2. The Hall–Kier alpha value is -1.98. The van der Waals surface area contributed by atoms with Crippen molar-refractivity contribution in [1.82, 2.24) is 0 Å². The van der Waals surface area contributed by atoms with Crippen molar-refractivity contribution in [3.05, 3.63) is 60.2 Å². The minimum Gasteiger partial charge on any atom is -0.337 e. The number of carbonyl (C=O) groups is 1.